The SMILES string of the molecule is C=C=CSc1nc(C)cc(=O)[nH]1. The van der Waals surface area contributed by atoms with Crippen molar-refractivity contribution in [2.24, 2.45) is 0 Å². The van der Waals surface area contributed by atoms with Crippen molar-refractivity contribution in [3.8, 4) is 0 Å². The van der Waals surface area contributed by atoms with E-state index >= 15 is 0 Å². The number of hydrogen-bond donors (Lipinski definition) is 1. The quantitative estimate of drug-likeness (QED) is 0.426. The standard InChI is InChI=1S/C8H8N2OS/c1-3-4-12-8-9-6(2)5-7(11)10-8/h4-5H,1H2,2H3,(H,9,10,11). The van der Waals surface area contributed by atoms with E-state index in [1.54, 1.807) is 12.3 Å². The predicted molar refractivity (Wildman–Crippen MR) is 49.2 cm³/mol. The van der Waals surface area contributed by atoms with E-state index in [0.29, 0.717) is 10.9 Å². The maximum absolute atomic E-state index is 10.9. The van der Waals surface area contributed by atoms with Crippen LogP contribution in [0.15, 0.2) is 33.7 Å². The van der Waals surface area contributed by atoms with Crippen LogP contribution in [-0.2, 0) is 0 Å². The zero-order valence-corrected chi connectivity index (χ0v) is 7.44. The zero-order valence-electron chi connectivity index (χ0n) is 6.63. The van der Waals surface area contributed by atoms with Crippen molar-refractivity contribution >= 4 is 11.8 Å². The summed E-state index contributed by atoms with van der Waals surface area (Å²) >= 11 is 1.28. The van der Waals surface area contributed by atoms with Gasteiger partial charge in [0.2, 0.25) is 0 Å². The fourth-order valence-corrected chi connectivity index (χ4v) is 1.26. The van der Waals surface area contributed by atoms with Crippen molar-refractivity contribution < 1.29 is 0 Å². The Balaban J connectivity index is 3.00. The first-order valence-corrected chi connectivity index (χ1v) is 4.19. The molecular formula is C8H8N2OS. The largest absolute Gasteiger partial charge is 0.301 e. The Morgan fingerprint density at radius 1 is 1.83 bits per heavy atom. The molecule has 62 valence electrons. The molecule has 0 saturated carbocycles. The molecule has 0 aliphatic carbocycles. The summed E-state index contributed by atoms with van der Waals surface area (Å²) in [5, 5.41) is 2.20. The van der Waals surface area contributed by atoms with Gasteiger partial charge in [0, 0.05) is 17.2 Å². The number of nitrogens with zero attached hydrogens (tertiary/aromatic N) is 1. The molecule has 0 fully saturated rings. The monoisotopic (exact) mass is 180 g/mol. The number of H-pyrrole nitrogens is 1. The van der Waals surface area contributed by atoms with Gasteiger partial charge in [-0.25, -0.2) is 4.98 Å². The van der Waals surface area contributed by atoms with Crippen LogP contribution in [0.4, 0.5) is 0 Å². The van der Waals surface area contributed by atoms with Crippen molar-refractivity contribution in [1.82, 2.24) is 9.97 Å². The number of nitrogens with one attached hydrogen (secondary N) is 1. The topological polar surface area (TPSA) is 45.8 Å². The summed E-state index contributed by atoms with van der Waals surface area (Å²) in [6.45, 7) is 5.17. The number of aryl methyl sites for hydroxylation is 1. The minimum absolute atomic E-state index is 0.137. The maximum atomic E-state index is 10.9. The van der Waals surface area contributed by atoms with Crippen molar-refractivity contribution in [3.63, 3.8) is 0 Å². The lowest BCUT2D eigenvalue weighted by Crippen LogP contribution is -2.07. The highest BCUT2D eigenvalue weighted by Crippen LogP contribution is 2.10. The van der Waals surface area contributed by atoms with Gasteiger partial charge in [-0.3, -0.25) is 4.79 Å². The molecule has 0 aliphatic heterocycles. The Bertz CT molecular complexity index is 377. The Kier molecular flexibility index (Phi) is 2.91. The third-order valence-corrected chi connectivity index (χ3v) is 1.80. The van der Waals surface area contributed by atoms with Crippen LogP contribution < -0.4 is 5.56 Å². The summed E-state index contributed by atoms with van der Waals surface area (Å²) in [6.07, 6.45) is 0. The van der Waals surface area contributed by atoms with Crippen LogP contribution in [0.2, 0.25) is 0 Å². The molecule has 0 aliphatic rings. The van der Waals surface area contributed by atoms with Crippen LogP contribution in [0, 0.1) is 6.92 Å². The van der Waals surface area contributed by atoms with Gasteiger partial charge in [-0.05, 0) is 6.92 Å². The van der Waals surface area contributed by atoms with E-state index in [1.165, 1.54) is 17.8 Å². The molecule has 4 heteroatoms. The molecule has 12 heavy (non-hydrogen) atoms. The molecule has 0 aromatic carbocycles. The molecule has 0 bridgehead atoms. The second-order valence-corrected chi connectivity index (χ2v) is 2.99. The lowest BCUT2D eigenvalue weighted by molar-refractivity contribution is 0.909. The van der Waals surface area contributed by atoms with Gasteiger partial charge in [-0.1, -0.05) is 18.3 Å². The molecular weight excluding hydrogens is 172 g/mol. The predicted octanol–water partition coefficient (Wildman–Crippen LogP) is 1.47. The van der Waals surface area contributed by atoms with Crippen molar-refractivity contribution in [1.29, 1.82) is 0 Å². The molecule has 0 spiro atoms. The number of aromatic amines is 1. The Hall–Kier alpha value is -1.25. The third-order valence-electron chi connectivity index (χ3n) is 1.10. The first-order chi connectivity index (χ1) is 5.72. The van der Waals surface area contributed by atoms with E-state index in [0.717, 1.165) is 0 Å². The fraction of sp³-hybridized carbons (Fsp3) is 0.125. The Morgan fingerprint density at radius 3 is 3.17 bits per heavy atom. The summed E-state index contributed by atoms with van der Waals surface area (Å²) in [7, 11) is 0. The summed E-state index contributed by atoms with van der Waals surface area (Å²) in [6, 6.07) is 1.45. The van der Waals surface area contributed by atoms with Gasteiger partial charge in [-0.2, -0.15) is 0 Å². The lowest BCUT2D eigenvalue weighted by atomic mass is 10.5. The van der Waals surface area contributed by atoms with Gasteiger partial charge >= 0.3 is 0 Å². The number of rotatable bonds is 2. The lowest BCUT2D eigenvalue weighted by Gasteiger charge is -1.94. The molecule has 1 rings (SSSR count). The first kappa shape index (κ1) is 8.84. The normalized spacial score (nSPS) is 9.08. The fourth-order valence-electron chi connectivity index (χ4n) is 0.705. The highest BCUT2D eigenvalue weighted by molar-refractivity contribution is 8.02. The van der Waals surface area contributed by atoms with Crippen LogP contribution >= 0.6 is 11.8 Å². The Labute approximate surface area is 74.2 Å². The first-order valence-electron chi connectivity index (χ1n) is 3.31. The average molecular weight is 180 g/mol. The molecule has 0 saturated heterocycles. The van der Waals surface area contributed by atoms with Gasteiger partial charge in [0.15, 0.2) is 5.16 Å². The Morgan fingerprint density at radius 2 is 2.58 bits per heavy atom. The van der Waals surface area contributed by atoms with Crippen LogP contribution in [0.1, 0.15) is 5.69 Å². The smallest absolute Gasteiger partial charge is 0.251 e. The van der Waals surface area contributed by atoms with Gasteiger partial charge in [-0.15, -0.1) is 5.73 Å². The molecule has 1 aromatic heterocycles. The van der Waals surface area contributed by atoms with Crippen molar-refractivity contribution in [2.75, 3.05) is 0 Å². The summed E-state index contributed by atoms with van der Waals surface area (Å²) in [5.41, 5.74) is 3.15. The van der Waals surface area contributed by atoms with E-state index in [4.69, 9.17) is 0 Å². The molecule has 3 nitrogen and oxygen atoms in total. The molecule has 0 unspecified atom stereocenters. The van der Waals surface area contributed by atoms with Crippen LogP contribution in [-0.4, -0.2) is 9.97 Å². The highest BCUT2D eigenvalue weighted by atomic mass is 32.2. The zero-order chi connectivity index (χ0) is 8.97. The van der Waals surface area contributed by atoms with E-state index in [-0.39, 0.29) is 5.56 Å². The van der Waals surface area contributed by atoms with Crippen molar-refractivity contribution in [3.05, 3.63) is 39.8 Å². The maximum Gasteiger partial charge on any atom is 0.251 e. The number of aromatic nitrogens is 2. The highest BCUT2D eigenvalue weighted by Gasteiger charge is 1.94. The van der Waals surface area contributed by atoms with Crippen LogP contribution in [0.25, 0.3) is 0 Å². The number of thioether (sulfide) groups is 1. The summed E-state index contributed by atoms with van der Waals surface area (Å²) in [5.74, 6) is 0. The van der Waals surface area contributed by atoms with E-state index in [9.17, 15) is 4.79 Å². The van der Waals surface area contributed by atoms with Gasteiger partial charge in [0.05, 0.1) is 0 Å². The van der Waals surface area contributed by atoms with E-state index in [1.807, 2.05) is 0 Å². The molecule has 1 heterocycles. The summed E-state index contributed by atoms with van der Waals surface area (Å²) in [4.78, 5) is 17.6. The van der Waals surface area contributed by atoms with Crippen LogP contribution in [0.3, 0.4) is 0 Å². The van der Waals surface area contributed by atoms with Gasteiger partial charge in [0.1, 0.15) is 0 Å². The van der Waals surface area contributed by atoms with Crippen LogP contribution in [0.5, 0.6) is 0 Å². The third kappa shape index (κ3) is 2.42. The van der Waals surface area contributed by atoms with Crippen molar-refractivity contribution in [2.45, 2.75) is 12.1 Å². The second kappa shape index (κ2) is 3.95. The molecule has 0 radical (unpaired) electrons. The van der Waals surface area contributed by atoms with E-state index in [2.05, 4.69) is 22.3 Å². The molecule has 0 atom stereocenters. The number of hydrogen-bond acceptors (Lipinski definition) is 3. The molecule has 1 N–H and O–H groups in total. The molecule has 0 amide bonds. The van der Waals surface area contributed by atoms with E-state index < -0.39 is 0 Å². The average Bonchev–Trinajstić information content (AvgIpc) is 1.99. The van der Waals surface area contributed by atoms with Gasteiger partial charge < -0.3 is 4.98 Å². The minimum atomic E-state index is -0.137. The van der Waals surface area contributed by atoms with Gasteiger partial charge in [0.25, 0.3) is 5.56 Å². The minimum Gasteiger partial charge on any atom is -0.301 e. The summed E-state index contributed by atoms with van der Waals surface area (Å²) < 4.78 is 0. The second-order valence-electron chi connectivity index (χ2n) is 2.13. The molecule has 1 aromatic rings.